The maximum Gasteiger partial charge on any atom is 0.137 e. The van der Waals surface area contributed by atoms with Gasteiger partial charge in [-0.25, -0.2) is 0 Å². The Balaban J connectivity index is 1.87. The lowest BCUT2D eigenvalue weighted by Gasteiger charge is -2.53. The number of nitrogens with one attached hydrogen (secondary N) is 1. The number of rotatable bonds is 0. The molecule has 0 radical (unpaired) electrons. The molecule has 120 valence electrons. The molecule has 0 saturated carbocycles. The third-order valence-corrected chi connectivity index (χ3v) is 5.36. The Morgan fingerprint density at radius 1 is 1.36 bits per heavy atom. The van der Waals surface area contributed by atoms with E-state index in [2.05, 4.69) is 50.4 Å². The molecule has 1 aromatic carbocycles. The van der Waals surface area contributed by atoms with Crippen LogP contribution >= 0.6 is 0 Å². The predicted molar refractivity (Wildman–Crippen MR) is 85.6 cm³/mol. The number of fused-ring (bicyclic) bond motifs is 1. The van der Waals surface area contributed by atoms with Crippen LogP contribution in [0.25, 0.3) is 0 Å². The number of anilines is 1. The summed E-state index contributed by atoms with van der Waals surface area (Å²) in [7, 11) is 0. The van der Waals surface area contributed by atoms with E-state index in [1.165, 1.54) is 11.3 Å². The van der Waals surface area contributed by atoms with Gasteiger partial charge in [0.15, 0.2) is 0 Å². The number of amides is 1. The summed E-state index contributed by atoms with van der Waals surface area (Å²) in [5.74, 6) is 0. The molecule has 2 unspecified atom stereocenters. The number of hydrogen-bond acceptors (Lipinski definition) is 3. The Bertz CT molecular complexity index is 579. The number of likely N-dealkylation sites (tertiary alicyclic amines) is 1. The lowest BCUT2D eigenvalue weighted by atomic mass is 9.65. The second-order valence-corrected chi connectivity index (χ2v) is 7.98. The molecule has 4 nitrogen and oxygen atoms in total. The van der Waals surface area contributed by atoms with E-state index in [-0.39, 0.29) is 16.9 Å². The summed E-state index contributed by atoms with van der Waals surface area (Å²) in [5, 5.41) is 15.0. The minimum atomic E-state index is -1.03. The zero-order valence-corrected chi connectivity index (χ0v) is 13.7. The highest BCUT2D eigenvalue weighted by atomic mass is 16.4. The highest BCUT2D eigenvalue weighted by molar-refractivity contribution is 5.63. The molecule has 1 fully saturated rings. The molecule has 3 rings (SSSR count). The number of carbonyl (C=O) groups is 1. The average Bonchev–Trinajstić information content (AvgIpc) is 2.46. The first-order valence-corrected chi connectivity index (χ1v) is 8.10. The summed E-state index contributed by atoms with van der Waals surface area (Å²) in [6, 6.07) is 8.45. The SMILES string of the molecule is CC(C)(C)C1CC2(CCN1C(=O)[O-])CNc1ccccc1C2. The van der Waals surface area contributed by atoms with Gasteiger partial charge in [0, 0.05) is 24.8 Å². The average molecular weight is 301 g/mol. The van der Waals surface area contributed by atoms with Crippen molar-refractivity contribution in [1.29, 1.82) is 0 Å². The zero-order valence-electron chi connectivity index (χ0n) is 13.7. The summed E-state index contributed by atoms with van der Waals surface area (Å²) in [6.07, 6.45) is 1.80. The third-order valence-electron chi connectivity index (χ3n) is 5.36. The molecule has 0 aromatic heterocycles. The molecule has 2 aliphatic rings. The smallest absolute Gasteiger partial charge is 0.137 e. The van der Waals surface area contributed by atoms with Crippen LogP contribution in [0.2, 0.25) is 0 Å². The molecule has 2 heterocycles. The van der Waals surface area contributed by atoms with E-state index in [4.69, 9.17) is 0 Å². The summed E-state index contributed by atoms with van der Waals surface area (Å²) in [4.78, 5) is 13.0. The van der Waals surface area contributed by atoms with Crippen LogP contribution in [0.4, 0.5) is 10.5 Å². The fraction of sp³-hybridized carbons (Fsp3) is 0.611. The van der Waals surface area contributed by atoms with Crippen LogP contribution in [0.15, 0.2) is 24.3 Å². The molecule has 1 saturated heterocycles. The lowest BCUT2D eigenvalue weighted by molar-refractivity contribution is -0.272. The van der Waals surface area contributed by atoms with Gasteiger partial charge in [-0.2, -0.15) is 0 Å². The van der Waals surface area contributed by atoms with Gasteiger partial charge in [0.2, 0.25) is 0 Å². The minimum absolute atomic E-state index is 0.0123. The maximum atomic E-state index is 11.5. The molecule has 2 aliphatic heterocycles. The molecule has 1 amide bonds. The van der Waals surface area contributed by atoms with Crippen LogP contribution in [0.5, 0.6) is 0 Å². The number of benzene rings is 1. The fourth-order valence-electron chi connectivity index (χ4n) is 4.05. The number of nitrogens with zero attached hydrogens (tertiary/aromatic N) is 1. The van der Waals surface area contributed by atoms with E-state index in [0.717, 1.165) is 25.8 Å². The molecule has 2 atom stereocenters. The Labute approximate surface area is 132 Å². The number of carbonyl (C=O) groups excluding carboxylic acids is 1. The van der Waals surface area contributed by atoms with Crippen molar-refractivity contribution in [2.24, 2.45) is 10.8 Å². The minimum Gasteiger partial charge on any atom is -0.530 e. The summed E-state index contributed by atoms with van der Waals surface area (Å²) in [5.41, 5.74) is 2.65. The van der Waals surface area contributed by atoms with Crippen LogP contribution in [-0.4, -0.2) is 30.1 Å². The lowest BCUT2D eigenvalue weighted by Crippen LogP contribution is -2.60. The van der Waals surface area contributed by atoms with Gasteiger partial charge in [0.05, 0.1) is 0 Å². The van der Waals surface area contributed by atoms with Gasteiger partial charge in [-0.3, -0.25) is 0 Å². The van der Waals surface area contributed by atoms with Gasteiger partial charge >= 0.3 is 0 Å². The highest BCUT2D eigenvalue weighted by Gasteiger charge is 2.45. The van der Waals surface area contributed by atoms with Crippen molar-refractivity contribution < 1.29 is 9.90 Å². The summed E-state index contributed by atoms with van der Waals surface area (Å²) in [6.45, 7) is 7.87. The number of para-hydroxylation sites is 1. The van der Waals surface area contributed by atoms with E-state index in [9.17, 15) is 9.90 Å². The molecule has 22 heavy (non-hydrogen) atoms. The Kier molecular flexibility index (Phi) is 3.58. The van der Waals surface area contributed by atoms with Crippen molar-refractivity contribution in [2.45, 2.75) is 46.1 Å². The van der Waals surface area contributed by atoms with Crippen molar-refractivity contribution in [2.75, 3.05) is 18.4 Å². The standard InChI is InChI=1S/C18H26N2O2/c1-17(2,3)15-11-18(8-9-20(15)16(21)22)10-13-6-4-5-7-14(13)19-12-18/h4-7,15,19H,8-12H2,1-3H3,(H,21,22)/p-1. The molecule has 1 N–H and O–H groups in total. The van der Waals surface area contributed by atoms with E-state index < -0.39 is 6.09 Å². The van der Waals surface area contributed by atoms with Crippen LogP contribution in [0.1, 0.15) is 39.2 Å². The Morgan fingerprint density at radius 3 is 2.77 bits per heavy atom. The topological polar surface area (TPSA) is 55.4 Å². The molecule has 0 aliphatic carbocycles. The zero-order chi connectivity index (χ0) is 16.0. The van der Waals surface area contributed by atoms with Crippen LogP contribution in [-0.2, 0) is 6.42 Å². The quantitative estimate of drug-likeness (QED) is 0.801. The van der Waals surface area contributed by atoms with E-state index in [1.54, 1.807) is 4.90 Å². The maximum absolute atomic E-state index is 11.5. The van der Waals surface area contributed by atoms with Gasteiger partial charge in [0.25, 0.3) is 0 Å². The van der Waals surface area contributed by atoms with Gasteiger partial charge in [-0.15, -0.1) is 0 Å². The van der Waals surface area contributed by atoms with Crippen LogP contribution < -0.4 is 10.4 Å². The number of carboxylic acid groups (broad SMARTS) is 1. The van der Waals surface area contributed by atoms with Gasteiger partial charge < -0.3 is 20.1 Å². The van der Waals surface area contributed by atoms with Crippen molar-refractivity contribution in [3.8, 4) is 0 Å². The number of piperidine rings is 1. The van der Waals surface area contributed by atoms with Crippen molar-refractivity contribution in [3.63, 3.8) is 0 Å². The Hall–Kier alpha value is -1.71. The molecule has 0 bridgehead atoms. The third kappa shape index (κ3) is 2.67. The molecular formula is C18H25N2O2-. The molecule has 4 heteroatoms. The molecular weight excluding hydrogens is 276 g/mol. The Morgan fingerprint density at radius 2 is 2.09 bits per heavy atom. The monoisotopic (exact) mass is 301 g/mol. The highest BCUT2D eigenvalue weighted by Crippen LogP contribution is 2.46. The largest absolute Gasteiger partial charge is 0.530 e. The summed E-state index contributed by atoms with van der Waals surface area (Å²) < 4.78 is 0. The molecule has 1 aromatic rings. The van der Waals surface area contributed by atoms with Gasteiger partial charge in [-0.05, 0) is 41.7 Å². The van der Waals surface area contributed by atoms with E-state index >= 15 is 0 Å². The van der Waals surface area contributed by atoms with Crippen molar-refractivity contribution >= 4 is 11.8 Å². The van der Waals surface area contributed by atoms with Gasteiger partial charge in [0.1, 0.15) is 6.09 Å². The first-order valence-electron chi connectivity index (χ1n) is 8.10. The second-order valence-electron chi connectivity index (χ2n) is 7.98. The van der Waals surface area contributed by atoms with Gasteiger partial charge in [-0.1, -0.05) is 39.0 Å². The van der Waals surface area contributed by atoms with E-state index in [0.29, 0.717) is 6.54 Å². The fourth-order valence-corrected chi connectivity index (χ4v) is 4.05. The molecule has 1 spiro atoms. The van der Waals surface area contributed by atoms with Crippen LogP contribution in [0, 0.1) is 10.8 Å². The predicted octanol–water partition coefficient (Wildman–Crippen LogP) is 2.49. The first kappa shape index (κ1) is 15.2. The van der Waals surface area contributed by atoms with Crippen LogP contribution in [0.3, 0.4) is 0 Å². The second kappa shape index (κ2) is 5.18. The van der Waals surface area contributed by atoms with E-state index in [1.807, 2.05) is 0 Å². The first-order chi connectivity index (χ1) is 10.3. The normalized spacial score (nSPS) is 28.1. The number of hydrogen-bond donors (Lipinski definition) is 1. The van der Waals surface area contributed by atoms with Crippen molar-refractivity contribution in [3.05, 3.63) is 29.8 Å². The summed E-state index contributed by atoms with van der Waals surface area (Å²) >= 11 is 0. The van der Waals surface area contributed by atoms with Crippen molar-refractivity contribution in [1.82, 2.24) is 4.90 Å².